The van der Waals surface area contributed by atoms with Gasteiger partial charge in [0.05, 0.1) is 0 Å². The molecule has 2 rings (SSSR count). The number of halogens is 2. The van der Waals surface area contributed by atoms with E-state index in [-0.39, 0.29) is 5.92 Å². The largest absolute Gasteiger partial charge is 0.319 e. The van der Waals surface area contributed by atoms with E-state index < -0.39 is 11.6 Å². The zero-order chi connectivity index (χ0) is 15.2. The summed E-state index contributed by atoms with van der Waals surface area (Å²) in [5.74, 6) is -0.711. The maximum absolute atomic E-state index is 13.8. The van der Waals surface area contributed by atoms with Crippen molar-refractivity contribution in [1.82, 2.24) is 5.32 Å². The first kappa shape index (κ1) is 15.6. The fourth-order valence-electron chi connectivity index (χ4n) is 2.56. The van der Waals surface area contributed by atoms with Gasteiger partial charge < -0.3 is 5.32 Å². The first-order valence-electron chi connectivity index (χ1n) is 7.22. The zero-order valence-corrected chi connectivity index (χ0v) is 12.5. The number of aryl methyl sites for hydroxylation is 1. The van der Waals surface area contributed by atoms with Crippen molar-refractivity contribution in [2.75, 3.05) is 13.6 Å². The van der Waals surface area contributed by atoms with Gasteiger partial charge in [0.25, 0.3) is 0 Å². The molecule has 2 aromatic rings. The van der Waals surface area contributed by atoms with Crippen molar-refractivity contribution < 1.29 is 8.78 Å². The molecule has 0 aliphatic rings. The summed E-state index contributed by atoms with van der Waals surface area (Å²) in [4.78, 5) is 0. The summed E-state index contributed by atoms with van der Waals surface area (Å²) in [6.45, 7) is 2.85. The third-order valence-electron chi connectivity index (χ3n) is 3.66. The minimum Gasteiger partial charge on any atom is -0.319 e. The fraction of sp³-hybridized carbons (Fsp3) is 0.333. The van der Waals surface area contributed by atoms with Gasteiger partial charge in [0, 0.05) is 6.07 Å². The summed E-state index contributed by atoms with van der Waals surface area (Å²) in [6.07, 6.45) is 1.47. The molecule has 3 heteroatoms. The summed E-state index contributed by atoms with van der Waals surface area (Å²) in [6, 6.07) is 12.2. The van der Waals surface area contributed by atoms with Crippen molar-refractivity contribution >= 4 is 0 Å². The Morgan fingerprint density at radius 3 is 2.33 bits per heavy atom. The van der Waals surface area contributed by atoms with Crippen LogP contribution in [0, 0.1) is 24.5 Å². The van der Waals surface area contributed by atoms with Crippen molar-refractivity contribution in [2.24, 2.45) is 5.92 Å². The van der Waals surface area contributed by atoms with Crippen LogP contribution in [-0.4, -0.2) is 13.6 Å². The third kappa shape index (κ3) is 4.64. The minimum absolute atomic E-state index is 0.276. The molecule has 0 spiro atoms. The van der Waals surface area contributed by atoms with Crippen LogP contribution in [0.2, 0.25) is 0 Å². The van der Waals surface area contributed by atoms with Crippen LogP contribution >= 0.6 is 0 Å². The Balaban J connectivity index is 2.09. The lowest BCUT2D eigenvalue weighted by Gasteiger charge is -2.17. The average Bonchev–Trinajstić information content (AvgIpc) is 2.44. The highest BCUT2D eigenvalue weighted by molar-refractivity contribution is 5.23. The van der Waals surface area contributed by atoms with Crippen LogP contribution in [0.3, 0.4) is 0 Å². The van der Waals surface area contributed by atoms with Crippen LogP contribution in [0.1, 0.15) is 16.7 Å². The zero-order valence-electron chi connectivity index (χ0n) is 12.5. The quantitative estimate of drug-likeness (QED) is 0.850. The summed E-state index contributed by atoms with van der Waals surface area (Å²) in [7, 11) is 1.89. The molecule has 1 unspecified atom stereocenters. The van der Waals surface area contributed by atoms with Gasteiger partial charge in [-0.1, -0.05) is 35.9 Å². The van der Waals surface area contributed by atoms with Gasteiger partial charge in [0.2, 0.25) is 0 Å². The van der Waals surface area contributed by atoms with E-state index in [1.807, 2.05) is 7.05 Å². The number of benzene rings is 2. The van der Waals surface area contributed by atoms with Gasteiger partial charge in [0.1, 0.15) is 11.6 Å². The molecule has 2 aromatic carbocycles. The smallest absolute Gasteiger partial charge is 0.129 e. The topological polar surface area (TPSA) is 12.0 Å². The maximum Gasteiger partial charge on any atom is 0.129 e. The van der Waals surface area contributed by atoms with Gasteiger partial charge in [-0.05, 0) is 56.5 Å². The number of rotatable bonds is 6. The Labute approximate surface area is 125 Å². The van der Waals surface area contributed by atoms with E-state index in [0.717, 1.165) is 19.0 Å². The molecular weight excluding hydrogens is 268 g/mol. The first-order chi connectivity index (χ1) is 10.1. The molecule has 0 radical (unpaired) electrons. The predicted octanol–water partition coefficient (Wildman–Crippen LogP) is 3.89. The lowest BCUT2D eigenvalue weighted by atomic mass is 9.92. The molecule has 112 valence electrons. The highest BCUT2D eigenvalue weighted by atomic mass is 19.1. The Morgan fingerprint density at radius 2 is 1.71 bits per heavy atom. The van der Waals surface area contributed by atoms with E-state index >= 15 is 0 Å². The minimum atomic E-state index is -0.528. The van der Waals surface area contributed by atoms with E-state index in [4.69, 9.17) is 0 Å². The van der Waals surface area contributed by atoms with E-state index in [1.165, 1.54) is 17.2 Å². The molecule has 0 aromatic heterocycles. The molecule has 0 bridgehead atoms. The number of nitrogens with one attached hydrogen (secondary N) is 1. The highest BCUT2D eigenvalue weighted by Crippen LogP contribution is 2.18. The van der Waals surface area contributed by atoms with Crippen molar-refractivity contribution in [3.05, 3.63) is 70.8 Å². The molecule has 0 aliphatic heterocycles. The van der Waals surface area contributed by atoms with Crippen LogP contribution in [0.25, 0.3) is 0 Å². The van der Waals surface area contributed by atoms with Gasteiger partial charge >= 0.3 is 0 Å². The molecule has 0 saturated carbocycles. The summed E-state index contributed by atoms with van der Waals surface area (Å²) in [5.41, 5.74) is 3.04. The molecule has 0 aliphatic carbocycles. The van der Waals surface area contributed by atoms with E-state index in [0.29, 0.717) is 12.0 Å². The van der Waals surface area contributed by atoms with Crippen molar-refractivity contribution in [1.29, 1.82) is 0 Å². The number of hydrogen-bond acceptors (Lipinski definition) is 1. The van der Waals surface area contributed by atoms with Gasteiger partial charge in [-0.15, -0.1) is 0 Å². The molecule has 0 fully saturated rings. The van der Waals surface area contributed by atoms with Crippen molar-refractivity contribution in [3.63, 3.8) is 0 Å². The summed E-state index contributed by atoms with van der Waals surface area (Å²) >= 11 is 0. The SMILES string of the molecule is CNCC(Cc1ccc(C)cc1)Cc1ccc(F)cc1F. The van der Waals surface area contributed by atoms with Gasteiger partial charge in [-0.3, -0.25) is 0 Å². The lowest BCUT2D eigenvalue weighted by Crippen LogP contribution is -2.23. The standard InChI is InChI=1S/C18H21F2N/c1-13-3-5-14(6-4-13)9-15(12-21-2)10-16-7-8-17(19)11-18(16)20/h3-8,11,15,21H,9-10,12H2,1-2H3. The van der Waals surface area contributed by atoms with E-state index in [2.05, 4.69) is 36.5 Å². The van der Waals surface area contributed by atoms with Gasteiger partial charge in [-0.2, -0.15) is 0 Å². The number of hydrogen-bond donors (Lipinski definition) is 1. The molecule has 0 amide bonds. The molecule has 1 N–H and O–H groups in total. The monoisotopic (exact) mass is 289 g/mol. The molecular formula is C18H21F2N. The Bertz CT molecular complexity index is 578. The van der Waals surface area contributed by atoms with Gasteiger partial charge in [0.15, 0.2) is 0 Å². The molecule has 0 heterocycles. The second-order valence-electron chi connectivity index (χ2n) is 5.55. The summed E-state index contributed by atoms with van der Waals surface area (Å²) < 4.78 is 26.7. The summed E-state index contributed by atoms with van der Waals surface area (Å²) in [5, 5.41) is 3.15. The second kappa shape index (κ2) is 7.32. The van der Waals surface area contributed by atoms with Crippen molar-refractivity contribution in [3.8, 4) is 0 Å². The van der Waals surface area contributed by atoms with Crippen LogP contribution in [0.5, 0.6) is 0 Å². The predicted molar refractivity (Wildman–Crippen MR) is 82.4 cm³/mol. The second-order valence-corrected chi connectivity index (χ2v) is 5.55. The van der Waals surface area contributed by atoms with Gasteiger partial charge in [-0.25, -0.2) is 8.78 Å². The highest BCUT2D eigenvalue weighted by Gasteiger charge is 2.13. The maximum atomic E-state index is 13.8. The third-order valence-corrected chi connectivity index (χ3v) is 3.66. The fourth-order valence-corrected chi connectivity index (χ4v) is 2.56. The Morgan fingerprint density at radius 1 is 1.00 bits per heavy atom. The van der Waals surface area contributed by atoms with Crippen LogP contribution in [0.4, 0.5) is 8.78 Å². The Kier molecular flexibility index (Phi) is 5.45. The molecule has 0 saturated heterocycles. The van der Waals surface area contributed by atoms with Crippen molar-refractivity contribution in [2.45, 2.75) is 19.8 Å². The normalized spacial score (nSPS) is 12.4. The first-order valence-corrected chi connectivity index (χ1v) is 7.22. The van der Waals surface area contributed by atoms with Crippen LogP contribution in [0.15, 0.2) is 42.5 Å². The lowest BCUT2D eigenvalue weighted by molar-refractivity contribution is 0.477. The molecule has 1 nitrogen and oxygen atoms in total. The van der Waals surface area contributed by atoms with Crippen LogP contribution in [-0.2, 0) is 12.8 Å². The van der Waals surface area contributed by atoms with Crippen LogP contribution < -0.4 is 5.32 Å². The van der Waals surface area contributed by atoms with E-state index in [1.54, 1.807) is 6.07 Å². The average molecular weight is 289 g/mol. The Hall–Kier alpha value is -1.74. The molecule has 21 heavy (non-hydrogen) atoms. The molecule has 1 atom stereocenters. The van der Waals surface area contributed by atoms with E-state index in [9.17, 15) is 8.78 Å².